The van der Waals surface area contributed by atoms with Gasteiger partial charge in [-0.15, -0.1) is 0 Å². The minimum absolute atomic E-state index is 0.347. The normalized spacial score (nSPS) is 31.4. The smallest absolute Gasteiger partial charge is 0.303 e. The Morgan fingerprint density at radius 2 is 2.21 bits per heavy atom. The van der Waals surface area contributed by atoms with Crippen molar-refractivity contribution in [1.82, 2.24) is 5.32 Å². The summed E-state index contributed by atoms with van der Waals surface area (Å²) in [5, 5.41) is 12.1. The maximum Gasteiger partial charge on any atom is 0.303 e. The minimum Gasteiger partial charge on any atom is -0.481 e. The molecule has 0 radical (unpaired) electrons. The summed E-state index contributed by atoms with van der Waals surface area (Å²) in [4.78, 5) is 10.6. The predicted octanol–water partition coefficient (Wildman–Crippen LogP) is 1.49. The number of nitrogens with one attached hydrogen (secondary N) is 1. The van der Waals surface area contributed by atoms with E-state index in [0.717, 1.165) is 13.1 Å². The van der Waals surface area contributed by atoms with E-state index in [1.54, 1.807) is 0 Å². The van der Waals surface area contributed by atoms with E-state index in [2.05, 4.69) is 12.2 Å². The van der Waals surface area contributed by atoms with Gasteiger partial charge in [0, 0.05) is 6.42 Å². The first-order chi connectivity index (χ1) is 6.64. The van der Waals surface area contributed by atoms with Gasteiger partial charge in [0.15, 0.2) is 0 Å². The average molecular weight is 197 g/mol. The Bertz CT molecular complexity index is 233. The van der Waals surface area contributed by atoms with Gasteiger partial charge in [0.05, 0.1) is 0 Å². The molecular formula is C11H19NO2. The summed E-state index contributed by atoms with van der Waals surface area (Å²) in [6.07, 6.45) is 4.12. The second-order valence-electron chi connectivity index (χ2n) is 5.00. The molecule has 1 heterocycles. The summed E-state index contributed by atoms with van der Waals surface area (Å²) in [7, 11) is 0. The summed E-state index contributed by atoms with van der Waals surface area (Å²) in [6, 6.07) is 0. The predicted molar refractivity (Wildman–Crippen MR) is 54.1 cm³/mol. The molecule has 2 N–H and O–H groups in total. The third kappa shape index (κ3) is 1.78. The molecule has 2 aliphatic rings. The minimum atomic E-state index is -0.645. The molecule has 2 fully saturated rings. The average Bonchev–Trinajstić information content (AvgIpc) is 2.80. The zero-order valence-corrected chi connectivity index (χ0v) is 8.75. The number of piperidine rings is 1. The standard InChI is InChI=1S/C11H19NO2/c1-8(6-10(13)14)9-7-11(9)2-4-12-5-3-11/h8-9,12H,2-7H2,1H3,(H,13,14). The Hall–Kier alpha value is -0.570. The molecule has 2 unspecified atom stereocenters. The molecule has 1 spiro atoms. The van der Waals surface area contributed by atoms with Gasteiger partial charge in [-0.05, 0) is 49.6 Å². The molecule has 0 bridgehead atoms. The topological polar surface area (TPSA) is 49.3 Å². The van der Waals surface area contributed by atoms with Crippen LogP contribution in [0.15, 0.2) is 0 Å². The lowest BCUT2D eigenvalue weighted by Crippen LogP contribution is -2.30. The van der Waals surface area contributed by atoms with E-state index in [1.807, 2.05) is 0 Å². The second-order valence-corrected chi connectivity index (χ2v) is 5.00. The number of carbonyl (C=O) groups is 1. The van der Waals surface area contributed by atoms with Crippen LogP contribution >= 0.6 is 0 Å². The van der Waals surface area contributed by atoms with E-state index >= 15 is 0 Å². The summed E-state index contributed by atoms with van der Waals surface area (Å²) < 4.78 is 0. The van der Waals surface area contributed by atoms with Crippen molar-refractivity contribution in [2.24, 2.45) is 17.3 Å². The first-order valence-corrected chi connectivity index (χ1v) is 5.56. The summed E-state index contributed by atoms with van der Waals surface area (Å²) in [5.41, 5.74) is 0.528. The van der Waals surface area contributed by atoms with Gasteiger partial charge >= 0.3 is 5.97 Å². The molecule has 1 aliphatic heterocycles. The van der Waals surface area contributed by atoms with Crippen LogP contribution in [0.1, 0.15) is 32.6 Å². The molecule has 3 nitrogen and oxygen atoms in total. The van der Waals surface area contributed by atoms with Crippen LogP contribution in [-0.4, -0.2) is 24.2 Å². The maximum atomic E-state index is 10.6. The number of carboxylic acids is 1. The Balaban J connectivity index is 1.87. The van der Waals surface area contributed by atoms with Crippen LogP contribution < -0.4 is 5.32 Å². The lowest BCUT2D eigenvalue weighted by Gasteiger charge is -2.25. The van der Waals surface area contributed by atoms with Gasteiger partial charge in [-0.2, -0.15) is 0 Å². The van der Waals surface area contributed by atoms with Crippen LogP contribution in [0, 0.1) is 17.3 Å². The van der Waals surface area contributed by atoms with E-state index in [4.69, 9.17) is 5.11 Å². The molecule has 2 rings (SSSR count). The van der Waals surface area contributed by atoms with E-state index in [1.165, 1.54) is 19.3 Å². The van der Waals surface area contributed by atoms with Crippen LogP contribution in [-0.2, 0) is 4.79 Å². The summed E-state index contributed by atoms with van der Waals surface area (Å²) in [6.45, 7) is 4.34. The highest BCUT2D eigenvalue weighted by atomic mass is 16.4. The molecule has 2 atom stereocenters. The van der Waals surface area contributed by atoms with Crippen LogP contribution in [0.5, 0.6) is 0 Å². The quantitative estimate of drug-likeness (QED) is 0.720. The zero-order valence-electron chi connectivity index (χ0n) is 8.75. The molecular weight excluding hydrogens is 178 g/mol. The highest BCUT2D eigenvalue weighted by Crippen LogP contribution is 2.62. The van der Waals surface area contributed by atoms with Crippen LogP contribution in [0.2, 0.25) is 0 Å². The van der Waals surface area contributed by atoms with Crippen molar-refractivity contribution in [3.05, 3.63) is 0 Å². The Morgan fingerprint density at radius 3 is 2.79 bits per heavy atom. The van der Waals surface area contributed by atoms with Crippen molar-refractivity contribution in [3.8, 4) is 0 Å². The monoisotopic (exact) mass is 197 g/mol. The largest absolute Gasteiger partial charge is 0.481 e. The third-order valence-corrected chi connectivity index (χ3v) is 4.04. The van der Waals surface area contributed by atoms with Crippen LogP contribution in [0.4, 0.5) is 0 Å². The fourth-order valence-corrected chi connectivity index (χ4v) is 3.10. The van der Waals surface area contributed by atoms with Crippen LogP contribution in [0.25, 0.3) is 0 Å². The van der Waals surface area contributed by atoms with Gasteiger partial charge in [0.25, 0.3) is 0 Å². The molecule has 3 heteroatoms. The SMILES string of the molecule is CC(CC(=O)O)C1CC12CCNCC2. The third-order valence-electron chi connectivity index (χ3n) is 4.04. The van der Waals surface area contributed by atoms with Gasteiger partial charge in [-0.25, -0.2) is 0 Å². The van der Waals surface area contributed by atoms with E-state index in [0.29, 0.717) is 23.7 Å². The zero-order chi connectivity index (χ0) is 10.2. The number of rotatable bonds is 3. The van der Waals surface area contributed by atoms with Crippen molar-refractivity contribution < 1.29 is 9.90 Å². The maximum absolute atomic E-state index is 10.6. The van der Waals surface area contributed by atoms with E-state index in [-0.39, 0.29) is 0 Å². The lowest BCUT2D eigenvalue weighted by molar-refractivity contribution is -0.138. The molecule has 0 aromatic carbocycles. The molecule has 1 saturated heterocycles. The highest BCUT2D eigenvalue weighted by Gasteiger charge is 2.55. The fraction of sp³-hybridized carbons (Fsp3) is 0.909. The molecule has 80 valence electrons. The van der Waals surface area contributed by atoms with E-state index < -0.39 is 5.97 Å². The van der Waals surface area contributed by atoms with Crippen LogP contribution in [0.3, 0.4) is 0 Å². The van der Waals surface area contributed by atoms with Crippen molar-refractivity contribution in [1.29, 1.82) is 0 Å². The first kappa shape index (κ1) is 9.97. The number of hydrogen-bond donors (Lipinski definition) is 2. The van der Waals surface area contributed by atoms with Gasteiger partial charge in [-0.3, -0.25) is 4.79 Å². The Labute approximate surface area is 84.9 Å². The molecule has 0 aromatic rings. The van der Waals surface area contributed by atoms with Gasteiger partial charge in [0.2, 0.25) is 0 Å². The van der Waals surface area contributed by atoms with Gasteiger partial charge < -0.3 is 10.4 Å². The van der Waals surface area contributed by atoms with Crippen molar-refractivity contribution >= 4 is 5.97 Å². The Kier molecular flexibility index (Phi) is 2.52. The van der Waals surface area contributed by atoms with Gasteiger partial charge in [-0.1, -0.05) is 6.92 Å². The number of hydrogen-bond acceptors (Lipinski definition) is 2. The van der Waals surface area contributed by atoms with Gasteiger partial charge in [0.1, 0.15) is 0 Å². The van der Waals surface area contributed by atoms with Crippen molar-refractivity contribution in [2.45, 2.75) is 32.6 Å². The Morgan fingerprint density at radius 1 is 1.57 bits per heavy atom. The van der Waals surface area contributed by atoms with Crippen molar-refractivity contribution in [3.63, 3.8) is 0 Å². The fourth-order valence-electron chi connectivity index (χ4n) is 3.10. The highest BCUT2D eigenvalue weighted by molar-refractivity contribution is 5.67. The van der Waals surface area contributed by atoms with Crippen molar-refractivity contribution in [2.75, 3.05) is 13.1 Å². The molecule has 14 heavy (non-hydrogen) atoms. The molecule has 0 amide bonds. The van der Waals surface area contributed by atoms with E-state index in [9.17, 15) is 4.79 Å². The summed E-state index contributed by atoms with van der Waals surface area (Å²) in [5.74, 6) is 0.403. The first-order valence-electron chi connectivity index (χ1n) is 5.56. The molecule has 1 aliphatic carbocycles. The molecule has 1 saturated carbocycles. The molecule has 0 aromatic heterocycles. The second kappa shape index (κ2) is 3.54. The number of aliphatic carboxylic acids is 1. The number of carboxylic acid groups (broad SMARTS) is 1. The summed E-state index contributed by atoms with van der Waals surface area (Å²) >= 11 is 0. The lowest BCUT2D eigenvalue weighted by atomic mass is 9.87.